The number of rotatable bonds is 10. The molecule has 0 aliphatic rings. The van der Waals surface area contributed by atoms with E-state index < -0.39 is 0 Å². The molecule has 0 spiro atoms. The van der Waals surface area contributed by atoms with Gasteiger partial charge < -0.3 is 18.9 Å². The van der Waals surface area contributed by atoms with E-state index in [1.165, 1.54) is 12.3 Å². The second-order valence-electron chi connectivity index (χ2n) is 3.66. The van der Waals surface area contributed by atoms with Crippen LogP contribution in [0.2, 0.25) is 5.02 Å². The summed E-state index contributed by atoms with van der Waals surface area (Å²) in [5, 5.41) is 9.03. The largest absolute Gasteiger partial charge is 0.474 e. The molecular weight excluding hydrogens is 284 g/mol. The van der Waals surface area contributed by atoms with Gasteiger partial charge in [-0.1, -0.05) is 11.6 Å². The summed E-state index contributed by atoms with van der Waals surface area (Å²) in [6.07, 6.45) is 1.48. The van der Waals surface area contributed by atoms with E-state index >= 15 is 0 Å². The molecule has 0 radical (unpaired) electrons. The Balaban J connectivity index is 2.11. The van der Waals surface area contributed by atoms with Gasteiger partial charge in [-0.3, -0.25) is 0 Å². The molecule has 1 aromatic heterocycles. The molecule has 0 bridgehead atoms. The molecule has 7 heteroatoms. The van der Waals surface area contributed by atoms with Crippen molar-refractivity contribution in [2.75, 3.05) is 46.8 Å². The fraction of sp³-hybridized carbons (Fsp3) is 0.538. The molecule has 0 amide bonds. The number of aromatic nitrogens is 1. The van der Waals surface area contributed by atoms with E-state index in [-0.39, 0.29) is 10.9 Å². The summed E-state index contributed by atoms with van der Waals surface area (Å²) in [6, 6.07) is 3.49. The molecule has 0 aliphatic heterocycles. The zero-order chi connectivity index (χ0) is 14.6. The summed E-state index contributed by atoms with van der Waals surface area (Å²) in [4.78, 5) is 3.96. The first-order valence-electron chi connectivity index (χ1n) is 6.11. The third-order valence-corrected chi connectivity index (χ3v) is 2.61. The van der Waals surface area contributed by atoms with Crippen molar-refractivity contribution in [2.24, 2.45) is 0 Å². The van der Waals surface area contributed by atoms with E-state index in [1.54, 1.807) is 7.11 Å². The Labute approximate surface area is 123 Å². The first-order valence-corrected chi connectivity index (χ1v) is 6.49. The Morgan fingerprint density at radius 3 is 2.45 bits per heavy atom. The van der Waals surface area contributed by atoms with Gasteiger partial charge in [-0.25, -0.2) is 4.98 Å². The first-order chi connectivity index (χ1) is 9.79. The third-order valence-electron chi connectivity index (χ3n) is 2.25. The highest BCUT2D eigenvalue weighted by Crippen LogP contribution is 2.24. The van der Waals surface area contributed by atoms with Gasteiger partial charge >= 0.3 is 0 Å². The highest BCUT2D eigenvalue weighted by Gasteiger charge is 2.07. The van der Waals surface area contributed by atoms with E-state index in [4.69, 9.17) is 35.8 Å². The number of pyridine rings is 1. The minimum absolute atomic E-state index is 0.220. The smallest absolute Gasteiger partial charge is 0.234 e. The summed E-state index contributed by atoms with van der Waals surface area (Å²) in [6.45, 7) is 2.81. The van der Waals surface area contributed by atoms with Gasteiger partial charge in [0.2, 0.25) is 5.88 Å². The molecule has 0 saturated carbocycles. The Morgan fingerprint density at radius 2 is 1.80 bits per heavy atom. The summed E-state index contributed by atoms with van der Waals surface area (Å²) in [5.41, 5.74) is 0.337. The maximum atomic E-state index is 8.81. The molecule has 1 heterocycles. The fourth-order valence-corrected chi connectivity index (χ4v) is 1.48. The van der Waals surface area contributed by atoms with Crippen molar-refractivity contribution in [3.63, 3.8) is 0 Å². The van der Waals surface area contributed by atoms with Crippen LogP contribution in [0, 0.1) is 11.3 Å². The van der Waals surface area contributed by atoms with Gasteiger partial charge in [-0.2, -0.15) is 5.26 Å². The zero-order valence-corrected chi connectivity index (χ0v) is 12.1. The molecule has 20 heavy (non-hydrogen) atoms. The Hall–Kier alpha value is -1.39. The van der Waals surface area contributed by atoms with E-state index in [2.05, 4.69) is 4.98 Å². The summed E-state index contributed by atoms with van der Waals surface area (Å²) >= 11 is 5.94. The van der Waals surface area contributed by atoms with E-state index in [9.17, 15) is 0 Å². The number of ether oxygens (including phenoxy) is 4. The highest BCUT2D eigenvalue weighted by atomic mass is 35.5. The number of nitriles is 1. The van der Waals surface area contributed by atoms with Crippen molar-refractivity contribution >= 4 is 11.6 Å². The summed E-state index contributed by atoms with van der Waals surface area (Å²) in [7, 11) is 1.62. The van der Waals surface area contributed by atoms with E-state index in [0.29, 0.717) is 45.2 Å². The zero-order valence-electron chi connectivity index (χ0n) is 11.3. The topological polar surface area (TPSA) is 73.6 Å². The maximum absolute atomic E-state index is 8.81. The molecule has 0 atom stereocenters. The molecule has 6 nitrogen and oxygen atoms in total. The molecule has 0 fully saturated rings. The lowest BCUT2D eigenvalue weighted by molar-refractivity contribution is 0.0176. The van der Waals surface area contributed by atoms with Crippen LogP contribution in [0.25, 0.3) is 0 Å². The van der Waals surface area contributed by atoms with Crippen molar-refractivity contribution in [3.8, 4) is 11.9 Å². The van der Waals surface area contributed by atoms with Gasteiger partial charge in [-0.05, 0) is 6.07 Å². The lowest BCUT2D eigenvalue weighted by Crippen LogP contribution is -2.12. The fourth-order valence-electron chi connectivity index (χ4n) is 1.27. The van der Waals surface area contributed by atoms with E-state index in [1.807, 2.05) is 6.07 Å². The number of halogens is 1. The lowest BCUT2D eigenvalue weighted by Gasteiger charge is -2.08. The Kier molecular flexibility index (Phi) is 8.67. The van der Waals surface area contributed by atoms with Crippen LogP contribution in [0.3, 0.4) is 0 Å². The highest BCUT2D eigenvalue weighted by molar-refractivity contribution is 6.32. The van der Waals surface area contributed by atoms with Crippen LogP contribution in [0.15, 0.2) is 12.3 Å². The van der Waals surface area contributed by atoms with Gasteiger partial charge in [-0.15, -0.1) is 0 Å². The average molecular weight is 301 g/mol. The van der Waals surface area contributed by atoms with Gasteiger partial charge in [0.1, 0.15) is 17.7 Å². The third kappa shape index (κ3) is 6.17. The minimum atomic E-state index is 0.220. The SMILES string of the molecule is COCCOCCOCCOc1nccc(C#N)c1Cl. The summed E-state index contributed by atoms with van der Waals surface area (Å²) < 4.78 is 20.7. The molecule has 0 saturated heterocycles. The Morgan fingerprint density at radius 1 is 1.15 bits per heavy atom. The Bertz CT molecular complexity index is 437. The number of hydrogen-bond acceptors (Lipinski definition) is 6. The normalized spacial score (nSPS) is 10.2. The molecular formula is C13H17ClN2O4. The van der Waals surface area contributed by atoms with Crippen LogP contribution < -0.4 is 4.74 Å². The number of nitrogens with zero attached hydrogens (tertiary/aromatic N) is 2. The predicted octanol–water partition coefficient (Wildman–Crippen LogP) is 1.67. The summed E-state index contributed by atoms with van der Waals surface area (Å²) in [5.74, 6) is 0.241. The van der Waals surface area contributed by atoms with E-state index in [0.717, 1.165) is 0 Å². The second kappa shape index (κ2) is 10.4. The monoisotopic (exact) mass is 300 g/mol. The molecule has 1 aromatic rings. The predicted molar refractivity (Wildman–Crippen MR) is 73.0 cm³/mol. The molecule has 0 N–H and O–H groups in total. The van der Waals surface area contributed by atoms with Crippen molar-refractivity contribution in [3.05, 3.63) is 22.8 Å². The molecule has 0 unspecified atom stereocenters. The first kappa shape index (κ1) is 16.7. The lowest BCUT2D eigenvalue weighted by atomic mass is 10.3. The average Bonchev–Trinajstić information content (AvgIpc) is 2.47. The second-order valence-corrected chi connectivity index (χ2v) is 4.03. The molecule has 0 aromatic carbocycles. The molecule has 110 valence electrons. The van der Waals surface area contributed by atoms with Crippen molar-refractivity contribution in [2.45, 2.75) is 0 Å². The van der Waals surface area contributed by atoms with Crippen LogP contribution in [0.5, 0.6) is 5.88 Å². The van der Waals surface area contributed by atoms with Crippen LogP contribution in [-0.2, 0) is 14.2 Å². The van der Waals surface area contributed by atoms with Crippen LogP contribution in [-0.4, -0.2) is 51.7 Å². The number of hydrogen-bond donors (Lipinski definition) is 0. The quantitative estimate of drug-likeness (QED) is 0.612. The van der Waals surface area contributed by atoms with Crippen LogP contribution in [0.4, 0.5) is 0 Å². The van der Waals surface area contributed by atoms with Crippen molar-refractivity contribution in [1.29, 1.82) is 5.26 Å². The van der Waals surface area contributed by atoms with Gasteiger partial charge in [0.15, 0.2) is 0 Å². The molecule has 0 aliphatic carbocycles. The minimum Gasteiger partial charge on any atom is -0.474 e. The van der Waals surface area contributed by atoms with Gasteiger partial charge in [0, 0.05) is 13.3 Å². The van der Waals surface area contributed by atoms with Crippen molar-refractivity contribution in [1.82, 2.24) is 4.98 Å². The number of methoxy groups -OCH3 is 1. The van der Waals surface area contributed by atoms with Crippen molar-refractivity contribution < 1.29 is 18.9 Å². The maximum Gasteiger partial charge on any atom is 0.234 e. The molecule has 1 rings (SSSR count). The van der Waals surface area contributed by atoms with Gasteiger partial charge in [0.05, 0.1) is 38.6 Å². The van der Waals surface area contributed by atoms with Gasteiger partial charge in [0.25, 0.3) is 0 Å². The standard InChI is InChI=1S/C13H17ClN2O4/c1-17-4-5-18-6-7-19-8-9-20-13-12(14)11(10-15)2-3-16-13/h2-3H,4-9H2,1H3. The van der Waals surface area contributed by atoms with Crippen LogP contribution in [0.1, 0.15) is 5.56 Å². The van der Waals surface area contributed by atoms with Crippen LogP contribution >= 0.6 is 11.6 Å².